The first-order chi connectivity index (χ1) is 10.1. The lowest BCUT2D eigenvalue weighted by atomic mass is 10.2. The monoisotopic (exact) mass is 315 g/mol. The number of anilines is 2. The van der Waals surface area contributed by atoms with Gasteiger partial charge in [0.05, 0.1) is 19.4 Å². The van der Waals surface area contributed by atoms with Crippen molar-refractivity contribution in [1.82, 2.24) is 5.32 Å². The van der Waals surface area contributed by atoms with Gasteiger partial charge in [0.25, 0.3) is 5.91 Å². The topological polar surface area (TPSA) is 103 Å². The summed E-state index contributed by atoms with van der Waals surface area (Å²) in [5, 5.41) is 6.29. The molecule has 0 saturated carbocycles. The van der Waals surface area contributed by atoms with Gasteiger partial charge >= 0.3 is 5.97 Å². The molecular weight excluding hydrogens is 294 g/mol. The smallest absolute Gasteiger partial charge is 0.343 e. The molecule has 0 saturated heterocycles. The van der Waals surface area contributed by atoms with Gasteiger partial charge in [0, 0.05) is 20.2 Å². The van der Waals surface area contributed by atoms with E-state index < -0.39 is 5.97 Å². The lowest BCUT2D eigenvalue weighted by Crippen LogP contribution is -2.24. The Labute approximate surface area is 127 Å². The van der Waals surface area contributed by atoms with Crippen LogP contribution in [0.25, 0.3) is 0 Å². The van der Waals surface area contributed by atoms with Crippen molar-refractivity contribution < 1.29 is 19.1 Å². The lowest BCUT2D eigenvalue weighted by molar-refractivity contribution is 0.0603. The average molecular weight is 315 g/mol. The Bertz CT molecular complexity index is 502. The normalized spacial score (nSPS) is 10.2. The number of carbonyl (C=O) groups excluding carboxylic acids is 2. The number of nitrogen functional groups attached to an aromatic ring is 1. The first-order valence-electron chi connectivity index (χ1n) is 6.58. The minimum Gasteiger partial charge on any atom is -0.465 e. The van der Waals surface area contributed by atoms with Crippen LogP contribution in [0.4, 0.5) is 10.7 Å². The van der Waals surface area contributed by atoms with Crippen LogP contribution in [0, 0.1) is 0 Å². The largest absolute Gasteiger partial charge is 0.465 e. The number of rotatable bonds is 8. The van der Waals surface area contributed by atoms with E-state index in [1.165, 1.54) is 7.11 Å². The number of carbonyl (C=O) groups is 2. The van der Waals surface area contributed by atoms with E-state index in [0.717, 1.165) is 17.8 Å². The minimum atomic E-state index is -0.571. The molecule has 0 bridgehead atoms. The van der Waals surface area contributed by atoms with E-state index in [1.807, 2.05) is 6.92 Å². The highest BCUT2D eigenvalue weighted by Crippen LogP contribution is 2.36. The molecule has 118 valence electrons. The zero-order valence-corrected chi connectivity index (χ0v) is 13.3. The third-order valence-electron chi connectivity index (χ3n) is 2.67. The number of amides is 1. The van der Waals surface area contributed by atoms with E-state index in [2.05, 4.69) is 10.6 Å². The van der Waals surface area contributed by atoms with E-state index in [-0.39, 0.29) is 17.2 Å². The molecule has 8 heteroatoms. The molecule has 1 aromatic rings. The second-order valence-corrected chi connectivity index (χ2v) is 5.24. The summed E-state index contributed by atoms with van der Waals surface area (Å²) in [4.78, 5) is 24.2. The molecule has 0 aliphatic rings. The third-order valence-corrected chi connectivity index (χ3v) is 3.83. The molecule has 0 radical (unpaired) electrons. The molecule has 0 atom stereocenters. The molecular formula is C13H21N3O4S. The van der Waals surface area contributed by atoms with E-state index in [0.29, 0.717) is 29.6 Å². The average Bonchev–Trinajstić information content (AvgIpc) is 2.81. The number of ether oxygens (including phenoxy) is 2. The predicted molar refractivity (Wildman–Crippen MR) is 83.1 cm³/mol. The molecule has 1 heterocycles. The molecule has 7 nitrogen and oxygen atoms in total. The summed E-state index contributed by atoms with van der Waals surface area (Å²) in [6, 6.07) is 0. The molecule has 1 rings (SSSR count). The first kappa shape index (κ1) is 17.3. The van der Waals surface area contributed by atoms with Crippen molar-refractivity contribution in [2.75, 3.05) is 45.0 Å². The van der Waals surface area contributed by atoms with Crippen LogP contribution in [0.1, 0.15) is 33.4 Å². The Morgan fingerprint density at radius 3 is 2.57 bits per heavy atom. The fourth-order valence-electron chi connectivity index (χ4n) is 1.63. The highest BCUT2D eigenvalue weighted by atomic mass is 32.1. The van der Waals surface area contributed by atoms with Gasteiger partial charge in [0.15, 0.2) is 0 Å². The van der Waals surface area contributed by atoms with Crippen molar-refractivity contribution in [2.24, 2.45) is 0 Å². The SMILES string of the molecule is CCCNC(=O)c1sc(NCCOC)c(C(=O)OC)c1N. The van der Waals surface area contributed by atoms with Crippen LogP contribution in [-0.4, -0.2) is 45.8 Å². The lowest BCUT2D eigenvalue weighted by Gasteiger charge is -2.05. The number of hydrogen-bond donors (Lipinski definition) is 3. The molecule has 1 aromatic heterocycles. The Morgan fingerprint density at radius 1 is 1.29 bits per heavy atom. The van der Waals surface area contributed by atoms with E-state index in [9.17, 15) is 9.59 Å². The van der Waals surface area contributed by atoms with Gasteiger partial charge in [-0.2, -0.15) is 0 Å². The van der Waals surface area contributed by atoms with Gasteiger partial charge in [-0.3, -0.25) is 4.79 Å². The van der Waals surface area contributed by atoms with Crippen LogP contribution in [0.2, 0.25) is 0 Å². The number of thiophene rings is 1. The standard InChI is InChI=1S/C13H21N3O4S/c1-4-5-15-11(17)10-9(14)8(13(18)20-3)12(21-10)16-6-7-19-2/h16H,4-7,14H2,1-3H3,(H,15,17). The van der Waals surface area contributed by atoms with Gasteiger partial charge in [-0.15, -0.1) is 11.3 Å². The molecule has 4 N–H and O–H groups in total. The molecule has 1 amide bonds. The zero-order chi connectivity index (χ0) is 15.8. The molecule has 21 heavy (non-hydrogen) atoms. The number of methoxy groups -OCH3 is 2. The van der Waals surface area contributed by atoms with Crippen molar-refractivity contribution in [3.05, 3.63) is 10.4 Å². The molecule has 0 aliphatic carbocycles. The van der Waals surface area contributed by atoms with Crippen LogP contribution in [0.5, 0.6) is 0 Å². The van der Waals surface area contributed by atoms with E-state index in [1.54, 1.807) is 7.11 Å². The van der Waals surface area contributed by atoms with E-state index >= 15 is 0 Å². The van der Waals surface area contributed by atoms with Gasteiger partial charge < -0.3 is 25.8 Å². The molecule has 0 aromatic carbocycles. The fraction of sp³-hybridized carbons (Fsp3) is 0.538. The molecule has 0 spiro atoms. The van der Waals surface area contributed by atoms with Crippen LogP contribution in [-0.2, 0) is 9.47 Å². The Hall–Kier alpha value is -1.80. The maximum absolute atomic E-state index is 12.0. The summed E-state index contributed by atoms with van der Waals surface area (Å²) < 4.78 is 9.67. The van der Waals surface area contributed by atoms with Crippen LogP contribution >= 0.6 is 11.3 Å². The second-order valence-electron chi connectivity index (χ2n) is 4.22. The summed E-state index contributed by atoms with van der Waals surface area (Å²) in [6.45, 7) is 3.47. The second kappa shape index (κ2) is 8.48. The number of nitrogens with one attached hydrogen (secondary N) is 2. The summed E-state index contributed by atoms with van der Waals surface area (Å²) in [5.41, 5.74) is 6.27. The van der Waals surface area contributed by atoms with Crippen LogP contribution in [0.3, 0.4) is 0 Å². The summed E-state index contributed by atoms with van der Waals surface area (Å²) in [6.07, 6.45) is 0.819. The quantitative estimate of drug-likeness (QED) is 0.494. The van der Waals surface area contributed by atoms with Crippen molar-refractivity contribution >= 4 is 33.9 Å². The predicted octanol–water partition coefficient (Wildman–Crippen LogP) is 1.31. The first-order valence-corrected chi connectivity index (χ1v) is 7.40. The third kappa shape index (κ3) is 4.33. The molecule has 0 fully saturated rings. The van der Waals surface area contributed by atoms with Gasteiger partial charge in [-0.05, 0) is 6.42 Å². The Kier molecular flexibility index (Phi) is 6.97. The van der Waals surface area contributed by atoms with Gasteiger partial charge in [-0.1, -0.05) is 6.92 Å². The van der Waals surface area contributed by atoms with Gasteiger partial charge in [0.1, 0.15) is 15.4 Å². The number of nitrogens with two attached hydrogens (primary N) is 1. The van der Waals surface area contributed by atoms with Crippen molar-refractivity contribution in [2.45, 2.75) is 13.3 Å². The van der Waals surface area contributed by atoms with Gasteiger partial charge in [0.2, 0.25) is 0 Å². The highest BCUT2D eigenvalue weighted by molar-refractivity contribution is 7.19. The Morgan fingerprint density at radius 2 is 2.00 bits per heavy atom. The van der Waals surface area contributed by atoms with Crippen LogP contribution < -0.4 is 16.4 Å². The maximum atomic E-state index is 12.0. The highest BCUT2D eigenvalue weighted by Gasteiger charge is 2.25. The minimum absolute atomic E-state index is 0.139. The van der Waals surface area contributed by atoms with Crippen molar-refractivity contribution in [3.8, 4) is 0 Å². The number of hydrogen-bond acceptors (Lipinski definition) is 7. The zero-order valence-electron chi connectivity index (χ0n) is 12.4. The van der Waals surface area contributed by atoms with Gasteiger partial charge in [-0.25, -0.2) is 4.79 Å². The molecule has 0 aliphatic heterocycles. The maximum Gasteiger partial charge on any atom is 0.343 e. The number of esters is 1. The Balaban J connectivity index is 3.05. The van der Waals surface area contributed by atoms with Crippen molar-refractivity contribution in [3.63, 3.8) is 0 Å². The summed E-state index contributed by atoms with van der Waals surface area (Å²) >= 11 is 1.13. The van der Waals surface area contributed by atoms with E-state index in [4.69, 9.17) is 15.2 Å². The summed E-state index contributed by atoms with van der Waals surface area (Å²) in [5.74, 6) is -0.859. The van der Waals surface area contributed by atoms with Crippen molar-refractivity contribution in [1.29, 1.82) is 0 Å². The molecule has 0 unspecified atom stereocenters. The fourth-order valence-corrected chi connectivity index (χ4v) is 2.68. The van der Waals surface area contributed by atoms with Crippen LogP contribution in [0.15, 0.2) is 0 Å². The summed E-state index contributed by atoms with van der Waals surface area (Å²) in [7, 11) is 2.85.